The third-order valence-corrected chi connectivity index (χ3v) is 4.29. The summed E-state index contributed by atoms with van der Waals surface area (Å²) in [7, 11) is -3.36. The number of nitrogens with one attached hydrogen (secondary N) is 1. The molecule has 7 heteroatoms. The quantitative estimate of drug-likeness (QED) is 0.694. The lowest BCUT2D eigenvalue weighted by Crippen LogP contribution is -2.40. The minimum atomic E-state index is -3.36. The number of hydrogen-bond acceptors (Lipinski definition) is 4. The monoisotopic (exact) mass is 313 g/mol. The molecule has 0 radical (unpaired) electrons. The Balaban J connectivity index is 2.48. The van der Waals surface area contributed by atoms with E-state index in [2.05, 4.69) is 10.3 Å². The third-order valence-electron chi connectivity index (χ3n) is 3.04. The van der Waals surface area contributed by atoms with Crippen LogP contribution in [0.4, 0.5) is 0 Å². The average molecular weight is 313 g/mol. The van der Waals surface area contributed by atoms with Gasteiger partial charge in [0.2, 0.25) is 15.9 Å². The van der Waals surface area contributed by atoms with Crippen LogP contribution in [0, 0.1) is 0 Å². The molecule has 1 N–H and O–H groups in total. The summed E-state index contributed by atoms with van der Waals surface area (Å²) in [6.45, 7) is 2.67. The van der Waals surface area contributed by atoms with Crippen molar-refractivity contribution >= 4 is 15.9 Å². The first-order valence-electron chi connectivity index (χ1n) is 7.04. The third kappa shape index (κ3) is 7.19. The molecule has 0 spiro atoms. The Morgan fingerprint density at radius 2 is 1.95 bits per heavy atom. The van der Waals surface area contributed by atoms with E-state index >= 15 is 0 Å². The minimum absolute atomic E-state index is 0.131. The SMILES string of the molecule is CCCCCN(CC(=O)NCc1ccncc1)S(C)(=O)=O. The van der Waals surface area contributed by atoms with Crippen LogP contribution in [0.2, 0.25) is 0 Å². The van der Waals surface area contributed by atoms with Gasteiger partial charge < -0.3 is 5.32 Å². The van der Waals surface area contributed by atoms with Gasteiger partial charge >= 0.3 is 0 Å². The lowest BCUT2D eigenvalue weighted by molar-refractivity contribution is -0.121. The van der Waals surface area contributed by atoms with Gasteiger partial charge in [0.25, 0.3) is 0 Å². The number of aromatic nitrogens is 1. The molecule has 118 valence electrons. The van der Waals surface area contributed by atoms with Crippen molar-refractivity contribution in [3.63, 3.8) is 0 Å². The van der Waals surface area contributed by atoms with Crippen molar-refractivity contribution in [1.29, 1.82) is 0 Å². The molecular weight excluding hydrogens is 290 g/mol. The van der Waals surface area contributed by atoms with Gasteiger partial charge in [-0.2, -0.15) is 4.31 Å². The van der Waals surface area contributed by atoms with Gasteiger partial charge in [-0.25, -0.2) is 8.42 Å². The van der Waals surface area contributed by atoms with E-state index in [9.17, 15) is 13.2 Å². The lowest BCUT2D eigenvalue weighted by Gasteiger charge is -2.19. The maximum absolute atomic E-state index is 11.9. The van der Waals surface area contributed by atoms with E-state index in [4.69, 9.17) is 0 Å². The molecule has 1 rings (SSSR count). The van der Waals surface area contributed by atoms with Crippen molar-refractivity contribution in [2.45, 2.75) is 32.7 Å². The smallest absolute Gasteiger partial charge is 0.235 e. The Morgan fingerprint density at radius 1 is 1.29 bits per heavy atom. The zero-order chi connectivity index (χ0) is 15.7. The second-order valence-electron chi connectivity index (χ2n) is 4.94. The summed E-state index contributed by atoms with van der Waals surface area (Å²) in [6.07, 6.45) is 7.15. The molecule has 0 aliphatic rings. The Morgan fingerprint density at radius 3 is 2.52 bits per heavy atom. The predicted octanol–water partition coefficient (Wildman–Crippen LogP) is 1.15. The zero-order valence-electron chi connectivity index (χ0n) is 12.6. The number of amides is 1. The van der Waals surface area contributed by atoms with Gasteiger partial charge in [0.15, 0.2) is 0 Å². The number of sulfonamides is 1. The Hall–Kier alpha value is -1.47. The molecule has 1 amide bonds. The Kier molecular flexibility index (Phi) is 7.31. The maximum atomic E-state index is 11.9. The average Bonchev–Trinajstić information content (AvgIpc) is 2.44. The minimum Gasteiger partial charge on any atom is -0.351 e. The molecule has 6 nitrogen and oxygen atoms in total. The second kappa shape index (κ2) is 8.74. The van der Waals surface area contributed by atoms with Gasteiger partial charge in [0.05, 0.1) is 12.8 Å². The molecule has 0 bridgehead atoms. The van der Waals surface area contributed by atoms with Gasteiger partial charge in [0.1, 0.15) is 0 Å². The number of carbonyl (C=O) groups is 1. The van der Waals surface area contributed by atoms with Crippen LogP contribution in [-0.2, 0) is 21.4 Å². The maximum Gasteiger partial charge on any atom is 0.235 e. The molecule has 0 saturated heterocycles. The van der Waals surface area contributed by atoms with Gasteiger partial charge in [-0.1, -0.05) is 19.8 Å². The standard InChI is InChI=1S/C14H23N3O3S/c1-3-4-5-10-17(21(2,19)20)12-14(18)16-11-13-6-8-15-9-7-13/h6-9H,3-5,10-12H2,1-2H3,(H,16,18). The summed E-state index contributed by atoms with van der Waals surface area (Å²) >= 11 is 0. The molecule has 1 heterocycles. The molecule has 0 saturated carbocycles. The van der Waals surface area contributed by atoms with Crippen molar-refractivity contribution in [3.05, 3.63) is 30.1 Å². The van der Waals surface area contributed by atoms with Gasteiger partial charge in [-0.15, -0.1) is 0 Å². The first kappa shape index (κ1) is 17.6. The summed E-state index contributed by atoms with van der Waals surface area (Å²) in [5, 5.41) is 2.72. The van der Waals surface area contributed by atoms with Crippen LogP contribution in [0.15, 0.2) is 24.5 Å². The van der Waals surface area contributed by atoms with Gasteiger partial charge in [0, 0.05) is 25.5 Å². The highest BCUT2D eigenvalue weighted by molar-refractivity contribution is 7.88. The molecule has 21 heavy (non-hydrogen) atoms. The molecule has 1 aromatic rings. The lowest BCUT2D eigenvalue weighted by atomic mass is 10.2. The number of unbranched alkanes of at least 4 members (excludes halogenated alkanes) is 2. The predicted molar refractivity (Wildman–Crippen MR) is 82.0 cm³/mol. The fourth-order valence-electron chi connectivity index (χ4n) is 1.82. The number of nitrogens with zero attached hydrogens (tertiary/aromatic N) is 2. The first-order valence-corrected chi connectivity index (χ1v) is 8.89. The highest BCUT2D eigenvalue weighted by Gasteiger charge is 2.19. The molecule has 0 unspecified atom stereocenters. The molecule has 1 aromatic heterocycles. The Bertz CT molecular complexity index is 532. The van der Waals surface area contributed by atoms with E-state index in [0.717, 1.165) is 31.1 Å². The highest BCUT2D eigenvalue weighted by atomic mass is 32.2. The van der Waals surface area contributed by atoms with E-state index in [0.29, 0.717) is 13.1 Å². The van der Waals surface area contributed by atoms with Crippen LogP contribution < -0.4 is 5.32 Å². The van der Waals surface area contributed by atoms with Crippen LogP contribution in [0.25, 0.3) is 0 Å². The number of hydrogen-bond donors (Lipinski definition) is 1. The van der Waals surface area contributed by atoms with Crippen molar-refractivity contribution < 1.29 is 13.2 Å². The molecule has 0 aliphatic carbocycles. The van der Waals surface area contributed by atoms with Gasteiger partial charge in [-0.05, 0) is 24.1 Å². The van der Waals surface area contributed by atoms with Crippen molar-refractivity contribution in [1.82, 2.24) is 14.6 Å². The van der Waals surface area contributed by atoms with Crippen molar-refractivity contribution in [3.8, 4) is 0 Å². The van der Waals surface area contributed by atoms with Crippen LogP contribution in [0.3, 0.4) is 0 Å². The highest BCUT2D eigenvalue weighted by Crippen LogP contribution is 2.03. The summed E-state index contributed by atoms with van der Waals surface area (Å²) in [5.74, 6) is -0.297. The summed E-state index contributed by atoms with van der Waals surface area (Å²) < 4.78 is 24.6. The summed E-state index contributed by atoms with van der Waals surface area (Å²) in [4.78, 5) is 15.8. The van der Waals surface area contributed by atoms with E-state index in [-0.39, 0.29) is 12.5 Å². The second-order valence-corrected chi connectivity index (χ2v) is 6.92. The van der Waals surface area contributed by atoms with Crippen LogP contribution in [-0.4, -0.2) is 43.0 Å². The van der Waals surface area contributed by atoms with Crippen molar-refractivity contribution in [2.75, 3.05) is 19.3 Å². The van der Waals surface area contributed by atoms with Gasteiger partial charge in [-0.3, -0.25) is 9.78 Å². The normalized spacial score (nSPS) is 11.6. The molecular formula is C14H23N3O3S. The van der Waals surface area contributed by atoms with Crippen molar-refractivity contribution in [2.24, 2.45) is 0 Å². The van der Waals surface area contributed by atoms with Crippen LogP contribution >= 0.6 is 0 Å². The summed E-state index contributed by atoms with van der Waals surface area (Å²) in [5.41, 5.74) is 0.926. The molecule has 0 fully saturated rings. The van der Waals surface area contributed by atoms with E-state index in [1.165, 1.54) is 4.31 Å². The zero-order valence-corrected chi connectivity index (χ0v) is 13.4. The molecule has 0 atom stereocenters. The molecule has 0 aliphatic heterocycles. The Labute approximate surface area is 126 Å². The number of rotatable bonds is 9. The number of pyridine rings is 1. The first-order chi connectivity index (χ1) is 9.93. The number of carbonyl (C=O) groups excluding carboxylic acids is 1. The fraction of sp³-hybridized carbons (Fsp3) is 0.571. The summed E-state index contributed by atoms with van der Waals surface area (Å²) in [6, 6.07) is 3.60. The molecule has 0 aromatic carbocycles. The van der Waals surface area contributed by atoms with Crippen LogP contribution in [0.5, 0.6) is 0 Å². The van der Waals surface area contributed by atoms with E-state index in [1.54, 1.807) is 24.5 Å². The van der Waals surface area contributed by atoms with Crippen LogP contribution in [0.1, 0.15) is 31.7 Å². The largest absolute Gasteiger partial charge is 0.351 e. The van der Waals surface area contributed by atoms with E-state index < -0.39 is 10.0 Å². The topological polar surface area (TPSA) is 79.4 Å². The fourth-order valence-corrected chi connectivity index (χ4v) is 2.63. The van der Waals surface area contributed by atoms with E-state index in [1.807, 2.05) is 6.92 Å².